The number of thioether (sulfide) groups is 1. The number of hydrogen-bond donors (Lipinski definition) is 1. The maximum Gasteiger partial charge on any atom is 0.228 e. The Bertz CT molecular complexity index is 365. The average molecular weight is 251 g/mol. The molecule has 1 N–H and O–H groups in total. The van der Waals surface area contributed by atoms with E-state index in [9.17, 15) is 4.79 Å². The zero-order chi connectivity index (χ0) is 12.1. The summed E-state index contributed by atoms with van der Waals surface area (Å²) in [4.78, 5) is 17.8. The topological polar surface area (TPSA) is 45.2 Å². The summed E-state index contributed by atoms with van der Waals surface area (Å²) in [5, 5.41) is 3.37. The van der Waals surface area contributed by atoms with Crippen molar-refractivity contribution in [3.8, 4) is 0 Å². The van der Waals surface area contributed by atoms with Crippen LogP contribution < -0.4 is 10.2 Å². The lowest BCUT2D eigenvalue weighted by atomic mass is 10.2. The molecule has 1 aromatic rings. The van der Waals surface area contributed by atoms with Crippen molar-refractivity contribution in [2.45, 2.75) is 12.5 Å². The van der Waals surface area contributed by atoms with E-state index in [0.29, 0.717) is 12.5 Å². The van der Waals surface area contributed by atoms with Gasteiger partial charge in [0, 0.05) is 43.8 Å². The molecule has 92 valence electrons. The monoisotopic (exact) mass is 251 g/mol. The Morgan fingerprint density at radius 3 is 3.24 bits per heavy atom. The van der Waals surface area contributed by atoms with Gasteiger partial charge in [-0.25, -0.2) is 0 Å². The molecule has 1 aliphatic heterocycles. The van der Waals surface area contributed by atoms with Gasteiger partial charge in [-0.15, -0.1) is 0 Å². The lowest BCUT2D eigenvalue weighted by Gasteiger charge is -2.25. The van der Waals surface area contributed by atoms with Gasteiger partial charge in [0.1, 0.15) is 0 Å². The molecule has 0 aromatic carbocycles. The Balaban J connectivity index is 1.91. The highest BCUT2D eigenvalue weighted by Gasteiger charge is 2.19. The van der Waals surface area contributed by atoms with Crippen LogP contribution in [-0.2, 0) is 4.79 Å². The number of anilines is 1. The first-order valence-corrected chi connectivity index (χ1v) is 6.90. The number of aromatic nitrogens is 1. The summed E-state index contributed by atoms with van der Waals surface area (Å²) in [5.74, 6) is 2.30. The lowest BCUT2D eigenvalue weighted by molar-refractivity contribution is -0.118. The molecule has 4 nitrogen and oxygen atoms in total. The van der Waals surface area contributed by atoms with E-state index < -0.39 is 0 Å². The maximum absolute atomic E-state index is 12.1. The molecule has 17 heavy (non-hydrogen) atoms. The Labute approximate surface area is 106 Å². The van der Waals surface area contributed by atoms with Gasteiger partial charge in [0.05, 0.1) is 11.9 Å². The number of carbonyl (C=O) groups is 1. The fourth-order valence-electron chi connectivity index (χ4n) is 1.79. The van der Waals surface area contributed by atoms with Gasteiger partial charge in [0.15, 0.2) is 0 Å². The first kappa shape index (κ1) is 12.4. The molecule has 2 rings (SSSR count). The van der Waals surface area contributed by atoms with Crippen LogP contribution in [0.25, 0.3) is 0 Å². The number of nitrogens with zero attached hydrogens (tertiary/aromatic N) is 2. The molecule has 0 radical (unpaired) electrons. The van der Waals surface area contributed by atoms with Crippen LogP contribution in [0.2, 0.25) is 0 Å². The number of hydrogen-bond acceptors (Lipinski definition) is 4. The van der Waals surface area contributed by atoms with E-state index in [1.807, 2.05) is 23.9 Å². The van der Waals surface area contributed by atoms with E-state index in [4.69, 9.17) is 0 Å². The molecule has 0 spiro atoms. The van der Waals surface area contributed by atoms with Gasteiger partial charge in [-0.1, -0.05) is 0 Å². The van der Waals surface area contributed by atoms with Gasteiger partial charge in [-0.05, 0) is 12.1 Å². The highest BCUT2D eigenvalue weighted by Crippen LogP contribution is 2.14. The van der Waals surface area contributed by atoms with E-state index in [0.717, 1.165) is 23.7 Å². The second-order valence-corrected chi connectivity index (χ2v) is 5.24. The highest BCUT2D eigenvalue weighted by atomic mass is 32.2. The third kappa shape index (κ3) is 3.44. The molecular formula is C12H17N3OS. The van der Waals surface area contributed by atoms with E-state index >= 15 is 0 Å². The summed E-state index contributed by atoms with van der Waals surface area (Å²) in [6.07, 6.45) is 3.97. The SMILES string of the molecule is CN(C(=O)CC1CSCCN1)c1cccnc1. The summed E-state index contributed by atoms with van der Waals surface area (Å²) < 4.78 is 0. The summed E-state index contributed by atoms with van der Waals surface area (Å²) in [7, 11) is 1.80. The molecule has 5 heteroatoms. The molecule has 1 unspecified atom stereocenters. The molecule has 1 atom stereocenters. The average Bonchev–Trinajstić information content (AvgIpc) is 2.40. The Hall–Kier alpha value is -1.07. The number of amides is 1. The van der Waals surface area contributed by atoms with Crippen molar-refractivity contribution >= 4 is 23.4 Å². The third-order valence-corrected chi connectivity index (χ3v) is 3.96. The van der Waals surface area contributed by atoms with Gasteiger partial charge in [0.2, 0.25) is 5.91 Å². The second-order valence-electron chi connectivity index (χ2n) is 4.09. The van der Waals surface area contributed by atoms with Crippen LogP contribution in [0, 0.1) is 0 Å². The fourth-order valence-corrected chi connectivity index (χ4v) is 2.74. The number of rotatable bonds is 3. The lowest BCUT2D eigenvalue weighted by Crippen LogP contribution is -2.41. The minimum atomic E-state index is 0.137. The van der Waals surface area contributed by atoms with E-state index in [1.54, 1.807) is 24.3 Å². The minimum absolute atomic E-state index is 0.137. The summed E-state index contributed by atoms with van der Waals surface area (Å²) >= 11 is 1.91. The van der Waals surface area contributed by atoms with Crippen LogP contribution in [0.3, 0.4) is 0 Å². The third-order valence-electron chi connectivity index (χ3n) is 2.83. The summed E-state index contributed by atoms with van der Waals surface area (Å²) in [6.45, 7) is 0.999. The number of nitrogens with one attached hydrogen (secondary N) is 1. The largest absolute Gasteiger partial charge is 0.314 e. The van der Waals surface area contributed by atoms with E-state index in [-0.39, 0.29) is 5.91 Å². The van der Waals surface area contributed by atoms with Crippen molar-refractivity contribution < 1.29 is 4.79 Å². The molecule has 1 saturated heterocycles. The van der Waals surface area contributed by atoms with Crippen LogP contribution in [0.5, 0.6) is 0 Å². The van der Waals surface area contributed by atoms with Crippen molar-refractivity contribution in [2.24, 2.45) is 0 Å². The number of pyridine rings is 1. The highest BCUT2D eigenvalue weighted by molar-refractivity contribution is 7.99. The van der Waals surface area contributed by atoms with E-state index in [2.05, 4.69) is 10.3 Å². The molecule has 2 heterocycles. The normalized spacial score (nSPS) is 19.9. The second kappa shape index (κ2) is 6.02. The molecule has 1 aromatic heterocycles. The van der Waals surface area contributed by atoms with Crippen molar-refractivity contribution in [2.75, 3.05) is 30.0 Å². The zero-order valence-electron chi connectivity index (χ0n) is 9.93. The molecule has 0 saturated carbocycles. The molecule has 1 amide bonds. The van der Waals surface area contributed by atoms with Gasteiger partial charge in [-0.3, -0.25) is 9.78 Å². The predicted molar refractivity (Wildman–Crippen MR) is 71.4 cm³/mol. The van der Waals surface area contributed by atoms with Crippen LogP contribution in [0.15, 0.2) is 24.5 Å². The first-order chi connectivity index (χ1) is 8.27. The smallest absolute Gasteiger partial charge is 0.228 e. The quantitative estimate of drug-likeness (QED) is 0.875. The van der Waals surface area contributed by atoms with Gasteiger partial charge >= 0.3 is 0 Å². The Morgan fingerprint density at radius 2 is 2.59 bits per heavy atom. The van der Waals surface area contributed by atoms with Crippen LogP contribution in [0.4, 0.5) is 5.69 Å². The van der Waals surface area contributed by atoms with Crippen molar-refractivity contribution in [1.82, 2.24) is 10.3 Å². The zero-order valence-corrected chi connectivity index (χ0v) is 10.7. The molecule has 0 bridgehead atoms. The van der Waals surface area contributed by atoms with Crippen molar-refractivity contribution in [3.63, 3.8) is 0 Å². The Morgan fingerprint density at radius 1 is 1.71 bits per heavy atom. The first-order valence-electron chi connectivity index (χ1n) is 5.75. The van der Waals surface area contributed by atoms with E-state index in [1.165, 1.54) is 0 Å². The molecule has 0 aliphatic carbocycles. The molecule has 1 fully saturated rings. The summed E-state index contributed by atoms with van der Waals surface area (Å²) in [5.41, 5.74) is 0.848. The molecular weight excluding hydrogens is 234 g/mol. The Kier molecular flexibility index (Phi) is 4.39. The van der Waals surface area contributed by atoms with Gasteiger partial charge < -0.3 is 10.2 Å². The van der Waals surface area contributed by atoms with Gasteiger partial charge in [-0.2, -0.15) is 11.8 Å². The minimum Gasteiger partial charge on any atom is -0.314 e. The predicted octanol–water partition coefficient (Wildman–Crippen LogP) is 1.14. The maximum atomic E-state index is 12.1. The standard InChI is InChI=1S/C12H17N3OS/c1-15(11-3-2-4-13-8-11)12(16)7-10-9-17-6-5-14-10/h2-4,8,10,14H,5-7,9H2,1H3. The van der Waals surface area contributed by atoms with Crippen LogP contribution >= 0.6 is 11.8 Å². The number of carbonyl (C=O) groups excluding carboxylic acids is 1. The summed E-state index contributed by atoms with van der Waals surface area (Å²) in [6, 6.07) is 4.04. The van der Waals surface area contributed by atoms with Crippen molar-refractivity contribution in [3.05, 3.63) is 24.5 Å². The van der Waals surface area contributed by atoms with Crippen LogP contribution in [-0.4, -0.2) is 42.0 Å². The molecule has 1 aliphatic rings. The fraction of sp³-hybridized carbons (Fsp3) is 0.500. The van der Waals surface area contributed by atoms with Gasteiger partial charge in [0.25, 0.3) is 0 Å². The van der Waals surface area contributed by atoms with Crippen LogP contribution in [0.1, 0.15) is 6.42 Å². The van der Waals surface area contributed by atoms with Crippen molar-refractivity contribution in [1.29, 1.82) is 0 Å².